The quantitative estimate of drug-likeness (QED) is 0.684. The third-order valence-electron chi connectivity index (χ3n) is 2.30. The maximum atomic E-state index is 11.9. The largest absolute Gasteiger partial charge is 0.479 e. The van der Waals surface area contributed by atoms with E-state index < -0.39 is 11.0 Å². The zero-order chi connectivity index (χ0) is 15.5. The van der Waals surface area contributed by atoms with Gasteiger partial charge in [-0.2, -0.15) is 0 Å². The number of nitro benzene ring substituents is 1. The van der Waals surface area contributed by atoms with Crippen LogP contribution in [-0.2, 0) is 4.79 Å². The maximum absolute atomic E-state index is 11.9. The molecule has 0 bridgehead atoms. The molecule has 1 rings (SSSR count). The molecule has 110 valence electrons. The van der Waals surface area contributed by atoms with Crippen LogP contribution in [0.3, 0.4) is 0 Å². The number of nitro groups is 1. The number of ether oxygens (including phenoxy) is 1. The summed E-state index contributed by atoms with van der Waals surface area (Å²) in [6, 6.07) is 3.84. The van der Waals surface area contributed by atoms with Crippen molar-refractivity contribution in [3.8, 4) is 5.75 Å². The fourth-order valence-corrected chi connectivity index (χ4v) is 1.57. The molecule has 7 heteroatoms. The maximum Gasteiger partial charge on any atom is 0.273 e. The Morgan fingerprint density at radius 2 is 2.05 bits per heavy atom. The Hall–Kier alpha value is -1.82. The Morgan fingerprint density at radius 1 is 1.45 bits per heavy atom. The van der Waals surface area contributed by atoms with Crippen molar-refractivity contribution >= 4 is 23.2 Å². The van der Waals surface area contributed by atoms with E-state index in [1.807, 2.05) is 20.8 Å². The van der Waals surface area contributed by atoms with Crippen molar-refractivity contribution in [1.29, 1.82) is 0 Å². The van der Waals surface area contributed by atoms with Crippen LogP contribution in [0.5, 0.6) is 5.75 Å². The molecule has 0 aliphatic carbocycles. The van der Waals surface area contributed by atoms with Gasteiger partial charge in [-0.3, -0.25) is 14.9 Å². The number of carbonyl (C=O) groups is 1. The first-order valence-corrected chi connectivity index (χ1v) is 6.40. The van der Waals surface area contributed by atoms with Gasteiger partial charge in [-0.25, -0.2) is 0 Å². The summed E-state index contributed by atoms with van der Waals surface area (Å²) in [7, 11) is 0. The van der Waals surface area contributed by atoms with Crippen molar-refractivity contribution in [1.82, 2.24) is 5.32 Å². The molecule has 6 nitrogen and oxygen atoms in total. The smallest absolute Gasteiger partial charge is 0.273 e. The zero-order valence-electron chi connectivity index (χ0n) is 11.8. The Morgan fingerprint density at radius 3 is 2.55 bits per heavy atom. The van der Waals surface area contributed by atoms with Crippen LogP contribution in [0.2, 0.25) is 5.02 Å². The number of carbonyl (C=O) groups excluding carboxylic acids is 1. The Balaban J connectivity index is 2.85. The second-order valence-electron chi connectivity index (χ2n) is 5.37. The summed E-state index contributed by atoms with van der Waals surface area (Å²) < 4.78 is 5.40. The molecular formula is C13H17ClN2O4. The van der Waals surface area contributed by atoms with Gasteiger partial charge in [-0.1, -0.05) is 11.6 Å². The minimum absolute atomic E-state index is 0.109. The lowest BCUT2D eigenvalue weighted by Crippen LogP contribution is -2.46. The number of benzene rings is 1. The first kappa shape index (κ1) is 16.2. The molecule has 1 amide bonds. The first-order chi connectivity index (χ1) is 9.10. The molecule has 0 aliphatic heterocycles. The van der Waals surface area contributed by atoms with Gasteiger partial charge in [0.15, 0.2) is 6.10 Å². The molecule has 0 saturated carbocycles. The number of amides is 1. The summed E-state index contributed by atoms with van der Waals surface area (Å²) in [5.41, 5.74) is -0.533. The first-order valence-electron chi connectivity index (χ1n) is 6.03. The van der Waals surface area contributed by atoms with Gasteiger partial charge < -0.3 is 10.1 Å². The standard InChI is InChI=1S/C13H17ClN2O4/c1-8(12(17)15-13(2,3)4)20-11-7-9(16(18)19)5-6-10(11)14/h5-8H,1-4H3,(H,15,17). The molecule has 0 aliphatic rings. The van der Waals surface area contributed by atoms with Gasteiger partial charge in [0, 0.05) is 11.6 Å². The highest BCUT2D eigenvalue weighted by Gasteiger charge is 2.22. The van der Waals surface area contributed by atoms with Crippen LogP contribution in [0, 0.1) is 10.1 Å². The molecule has 0 aromatic heterocycles. The molecule has 0 heterocycles. The molecule has 20 heavy (non-hydrogen) atoms. The topological polar surface area (TPSA) is 81.5 Å². The molecule has 1 aromatic carbocycles. The highest BCUT2D eigenvalue weighted by Crippen LogP contribution is 2.29. The van der Waals surface area contributed by atoms with Crippen LogP contribution in [-0.4, -0.2) is 22.5 Å². The van der Waals surface area contributed by atoms with Crippen LogP contribution in [0.4, 0.5) is 5.69 Å². The van der Waals surface area contributed by atoms with E-state index in [1.54, 1.807) is 6.92 Å². The summed E-state index contributed by atoms with van der Waals surface area (Å²) in [4.78, 5) is 22.0. The van der Waals surface area contributed by atoms with Crippen molar-refractivity contribution in [2.75, 3.05) is 0 Å². The monoisotopic (exact) mass is 300 g/mol. The van der Waals surface area contributed by atoms with Gasteiger partial charge in [0.2, 0.25) is 0 Å². The second kappa shape index (κ2) is 6.09. The number of non-ortho nitro benzene ring substituents is 1. The minimum atomic E-state index is -0.811. The van der Waals surface area contributed by atoms with E-state index in [9.17, 15) is 14.9 Å². The van der Waals surface area contributed by atoms with E-state index in [0.29, 0.717) is 0 Å². The Labute approximate surface area is 122 Å². The van der Waals surface area contributed by atoms with Crippen molar-refractivity contribution in [3.63, 3.8) is 0 Å². The van der Waals surface area contributed by atoms with E-state index in [0.717, 1.165) is 0 Å². The third-order valence-corrected chi connectivity index (χ3v) is 2.61. The highest BCUT2D eigenvalue weighted by atomic mass is 35.5. The summed E-state index contributed by atoms with van der Waals surface area (Å²) in [5, 5.41) is 13.7. The summed E-state index contributed by atoms with van der Waals surface area (Å²) in [5.74, 6) is -0.211. The Bertz CT molecular complexity index is 526. The lowest BCUT2D eigenvalue weighted by molar-refractivity contribution is -0.384. The number of nitrogens with zero attached hydrogens (tertiary/aromatic N) is 1. The average Bonchev–Trinajstić information content (AvgIpc) is 2.29. The van der Waals surface area contributed by atoms with E-state index in [1.165, 1.54) is 18.2 Å². The van der Waals surface area contributed by atoms with E-state index >= 15 is 0 Å². The second-order valence-corrected chi connectivity index (χ2v) is 5.78. The average molecular weight is 301 g/mol. The van der Waals surface area contributed by atoms with Crippen LogP contribution in [0.15, 0.2) is 18.2 Å². The van der Waals surface area contributed by atoms with Gasteiger partial charge in [0.1, 0.15) is 5.75 Å². The molecule has 0 fully saturated rings. The molecule has 1 N–H and O–H groups in total. The van der Waals surface area contributed by atoms with E-state index in [4.69, 9.17) is 16.3 Å². The number of rotatable bonds is 4. The van der Waals surface area contributed by atoms with Crippen molar-refractivity contribution < 1.29 is 14.5 Å². The highest BCUT2D eigenvalue weighted by molar-refractivity contribution is 6.32. The number of nitrogens with one attached hydrogen (secondary N) is 1. The van der Waals surface area contributed by atoms with Crippen LogP contribution >= 0.6 is 11.6 Å². The van der Waals surface area contributed by atoms with Crippen molar-refractivity contribution in [2.24, 2.45) is 0 Å². The number of hydrogen-bond donors (Lipinski definition) is 1. The van der Waals surface area contributed by atoms with Gasteiger partial charge in [-0.15, -0.1) is 0 Å². The molecule has 0 saturated heterocycles. The van der Waals surface area contributed by atoms with Crippen LogP contribution < -0.4 is 10.1 Å². The molecule has 0 radical (unpaired) electrons. The fraction of sp³-hybridized carbons (Fsp3) is 0.462. The minimum Gasteiger partial charge on any atom is -0.479 e. The van der Waals surface area contributed by atoms with E-state index in [-0.39, 0.29) is 27.9 Å². The lowest BCUT2D eigenvalue weighted by Gasteiger charge is -2.23. The summed E-state index contributed by atoms with van der Waals surface area (Å²) in [6.45, 7) is 7.09. The number of halogens is 1. The van der Waals surface area contributed by atoms with Crippen LogP contribution in [0.25, 0.3) is 0 Å². The number of hydrogen-bond acceptors (Lipinski definition) is 4. The molecule has 1 aromatic rings. The predicted octanol–water partition coefficient (Wildman–Crippen LogP) is 2.93. The summed E-state index contributed by atoms with van der Waals surface area (Å²) >= 11 is 5.90. The lowest BCUT2D eigenvalue weighted by atomic mass is 10.1. The molecule has 0 spiro atoms. The van der Waals surface area contributed by atoms with E-state index in [2.05, 4.69) is 5.32 Å². The molecule has 1 atom stereocenters. The van der Waals surface area contributed by atoms with Gasteiger partial charge >= 0.3 is 0 Å². The van der Waals surface area contributed by atoms with Crippen molar-refractivity contribution in [2.45, 2.75) is 39.3 Å². The molecule has 1 unspecified atom stereocenters. The van der Waals surface area contributed by atoms with Crippen molar-refractivity contribution in [3.05, 3.63) is 33.3 Å². The molecular weight excluding hydrogens is 284 g/mol. The normalized spacial score (nSPS) is 12.7. The van der Waals surface area contributed by atoms with Gasteiger partial charge in [0.25, 0.3) is 11.6 Å². The Kier molecular flexibility index (Phi) is 4.94. The van der Waals surface area contributed by atoms with Gasteiger partial charge in [0.05, 0.1) is 16.0 Å². The third kappa shape index (κ3) is 4.70. The predicted molar refractivity (Wildman–Crippen MR) is 76.1 cm³/mol. The SMILES string of the molecule is CC(Oc1cc([N+](=O)[O-])ccc1Cl)C(=O)NC(C)(C)C. The van der Waals surface area contributed by atoms with Gasteiger partial charge in [-0.05, 0) is 33.8 Å². The summed E-state index contributed by atoms with van der Waals surface area (Å²) in [6.07, 6.45) is -0.811. The zero-order valence-corrected chi connectivity index (χ0v) is 12.5. The van der Waals surface area contributed by atoms with Crippen LogP contribution in [0.1, 0.15) is 27.7 Å². The fourth-order valence-electron chi connectivity index (χ4n) is 1.41.